The van der Waals surface area contributed by atoms with Gasteiger partial charge in [0.25, 0.3) is 0 Å². The first-order valence-electron chi connectivity index (χ1n) is 9.35. The fraction of sp³-hybridized carbons (Fsp3) is 0.600. The highest BCUT2D eigenvalue weighted by atomic mass is 35.5. The quantitative estimate of drug-likeness (QED) is 0.689. The summed E-state index contributed by atoms with van der Waals surface area (Å²) in [5, 5.41) is 3.45. The van der Waals surface area contributed by atoms with Crippen molar-refractivity contribution in [1.29, 1.82) is 0 Å². The van der Waals surface area contributed by atoms with E-state index in [-0.39, 0.29) is 11.9 Å². The number of halogens is 1. The zero-order valence-electron chi connectivity index (χ0n) is 15.7. The molecule has 6 heteroatoms. The number of hydrogen-bond acceptors (Lipinski definition) is 4. The molecule has 1 aliphatic heterocycles. The number of rotatable bonds is 8. The monoisotopic (exact) mass is 380 g/mol. The molecule has 1 fully saturated rings. The van der Waals surface area contributed by atoms with E-state index < -0.39 is 0 Å². The minimum atomic E-state index is -0.142. The van der Waals surface area contributed by atoms with Gasteiger partial charge in [0.2, 0.25) is 5.91 Å². The number of anilines is 1. The van der Waals surface area contributed by atoms with E-state index in [9.17, 15) is 9.59 Å². The minimum Gasteiger partial charge on any atom is -0.469 e. The molecule has 1 aromatic carbocycles. The number of esters is 1. The predicted molar refractivity (Wildman–Crippen MR) is 104 cm³/mol. The van der Waals surface area contributed by atoms with Crippen LogP contribution in [-0.4, -0.2) is 43.0 Å². The number of ether oxygens (including phenoxy) is 1. The fourth-order valence-electron chi connectivity index (χ4n) is 3.40. The Balaban J connectivity index is 1.66. The van der Waals surface area contributed by atoms with Crippen LogP contribution >= 0.6 is 11.6 Å². The Morgan fingerprint density at radius 1 is 1.27 bits per heavy atom. The van der Waals surface area contributed by atoms with Crippen molar-refractivity contribution >= 4 is 29.2 Å². The van der Waals surface area contributed by atoms with E-state index in [0.717, 1.165) is 38.8 Å². The lowest BCUT2D eigenvalue weighted by molar-refractivity contribution is -0.141. The molecule has 1 N–H and O–H groups in total. The van der Waals surface area contributed by atoms with Gasteiger partial charge in [0.1, 0.15) is 0 Å². The summed E-state index contributed by atoms with van der Waals surface area (Å²) in [5.74, 6) is 0.458. The van der Waals surface area contributed by atoms with Crippen LogP contribution in [0.5, 0.6) is 0 Å². The lowest BCUT2D eigenvalue weighted by Gasteiger charge is -2.36. The fourth-order valence-corrected chi connectivity index (χ4v) is 3.59. The summed E-state index contributed by atoms with van der Waals surface area (Å²) in [6.45, 7) is 4.22. The number of nitrogens with one attached hydrogen (secondary N) is 1. The molecule has 1 amide bonds. The Morgan fingerprint density at radius 3 is 2.62 bits per heavy atom. The van der Waals surface area contributed by atoms with Gasteiger partial charge in [0, 0.05) is 18.9 Å². The largest absolute Gasteiger partial charge is 0.469 e. The van der Waals surface area contributed by atoms with Gasteiger partial charge < -0.3 is 15.0 Å². The number of methoxy groups -OCH3 is 1. The second-order valence-corrected chi connectivity index (χ2v) is 7.42. The van der Waals surface area contributed by atoms with E-state index in [4.69, 9.17) is 16.3 Å². The first kappa shape index (κ1) is 20.7. The van der Waals surface area contributed by atoms with Crippen LogP contribution in [0.1, 0.15) is 45.4 Å². The molecule has 1 heterocycles. The molecule has 0 aliphatic carbocycles. The van der Waals surface area contributed by atoms with Crippen LogP contribution in [0.15, 0.2) is 24.3 Å². The maximum absolute atomic E-state index is 12.1. The molecule has 144 valence electrons. The zero-order valence-corrected chi connectivity index (χ0v) is 16.4. The van der Waals surface area contributed by atoms with Crippen LogP contribution in [0.25, 0.3) is 0 Å². The number of carbonyl (C=O) groups is 2. The highest BCUT2D eigenvalue weighted by molar-refractivity contribution is 6.33. The third-order valence-electron chi connectivity index (χ3n) is 5.19. The summed E-state index contributed by atoms with van der Waals surface area (Å²) in [7, 11) is 1.43. The van der Waals surface area contributed by atoms with Crippen LogP contribution in [-0.2, 0) is 14.3 Å². The van der Waals surface area contributed by atoms with Crippen molar-refractivity contribution in [3.05, 3.63) is 29.3 Å². The normalized spacial score (nSPS) is 16.9. The van der Waals surface area contributed by atoms with Crippen molar-refractivity contribution in [3.8, 4) is 0 Å². The standard InChI is InChI=1S/C20H29ClN2O3/c1-15(7-10-20(25)26-2)23-13-11-16(12-14-23)8-9-19(24)22-18-6-4-3-5-17(18)21/h3-6,15-16H,7-14H2,1-2H3,(H,22,24)/t15-/m0/s1. The first-order valence-corrected chi connectivity index (χ1v) is 9.72. The van der Waals surface area contributed by atoms with E-state index >= 15 is 0 Å². The second kappa shape index (κ2) is 10.5. The van der Waals surface area contributed by atoms with E-state index in [1.54, 1.807) is 6.07 Å². The van der Waals surface area contributed by atoms with Gasteiger partial charge in [-0.15, -0.1) is 0 Å². The summed E-state index contributed by atoms with van der Waals surface area (Å²) in [4.78, 5) is 25.8. The molecule has 0 unspecified atom stereocenters. The Hall–Kier alpha value is -1.59. The number of benzene rings is 1. The summed E-state index contributed by atoms with van der Waals surface area (Å²) in [6.07, 6.45) is 4.93. The third kappa shape index (κ3) is 6.61. The number of hydrogen-bond donors (Lipinski definition) is 1. The Morgan fingerprint density at radius 2 is 1.96 bits per heavy atom. The van der Waals surface area contributed by atoms with Crippen LogP contribution in [0.4, 0.5) is 5.69 Å². The van der Waals surface area contributed by atoms with Gasteiger partial charge in [0.05, 0.1) is 17.8 Å². The van der Waals surface area contributed by atoms with Crippen molar-refractivity contribution in [2.24, 2.45) is 5.92 Å². The van der Waals surface area contributed by atoms with E-state index in [1.165, 1.54) is 7.11 Å². The van der Waals surface area contributed by atoms with Crippen LogP contribution in [0.2, 0.25) is 5.02 Å². The van der Waals surface area contributed by atoms with Gasteiger partial charge in [0.15, 0.2) is 0 Å². The van der Waals surface area contributed by atoms with Crippen molar-refractivity contribution in [3.63, 3.8) is 0 Å². The molecule has 0 spiro atoms. The van der Waals surface area contributed by atoms with Gasteiger partial charge >= 0.3 is 5.97 Å². The summed E-state index contributed by atoms with van der Waals surface area (Å²) >= 11 is 6.07. The summed E-state index contributed by atoms with van der Waals surface area (Å²) in [6, 6.07) is 7.68. The lowest BCUT2D eigenvalue weighted by Crippen LogP contribution is -2.40. The smallest absolute Gasteiger partial charge is 0.305 e. The number of likely N-dealkylation sites (tertiary alicyclic amines) is 1. The van der Waals surface area contributed by atoms with Gasteiger partial charge in [-0.3, -0.25) is 9.59 Å². The molecular formula is C20H29ClN2O3. The molecule has 1 aromatic rings. The topological polar surface area (TPSA) is 58.6 Å². The van der Waals surface area contributed by atoms with Gasteiger partial charge in [-0.1, -0.05) is 23.7 Å². The number of amides is 1. The molecule has 0 aromatic heterocycles. The predicted octanol–water partition coefficient (Wildman–Crippen LogP) is 4.11. The first-order chi connectivity index (χ1) is 12.5. The second-order valence-electron chi connectivity index (χ2n) is 7.01. The number of carbonyl (C=O) groups excluding carboxylic acids is 2. The minimum absolute atomic E-state index is 0.0203. The van der Waals surface area contributed by atoms with Crippen molar-refractivity contribution in [2.45, 2.75) is 51.5 Å². The molecule has 0 bridgehead atoms. The number of nitrogens with zero attached hydrogens (tertiary/aromatic N) is 1. The molecule has 1 atom stereocenters. The Kier molecular flexibility index (Phi) is 8.39. The van der Waals surface area contributed by atoms with E-state index in [0.29, 0.717) is 35.5 Å². The van der Waals surface area contributed by atoms with E-state index in [2.05, 4.69) is 17.1 Å². The van der Waals surface area contributed by atoms with Crippen molar-refractivity contribution in [2.75, 3.05) is 25.5 Å². The molecule has 5 nitrogen and oxygen atoms in total. The van der Waals surface area contributed by atoms with Gasteiger partial charge in [-0.2, -0.15) is 0 Å². The summed E-state index contributed by atoms with van der Waals surface area (Å²) in [5.41, 5.74) is 0.674. The molecule has 2 rings (SSSR count). The lowest BCUT2D eigenvalue weighted by atomic mass is 9.91. The molecule has 1 saturated heterocycles. The maximum Gasteiger partial charge on any atom is 0.305 e. The van der Waals surface area contributed by atoms with E-state index in [1.807, 2.05) is 18.2 Å². The highest BCUT2D eigenvalue weighted by Crippen LogP contribution is 2.25. The van der Waals surface area contributed by atoms with Crippen molar-refractivity contribution < 1.29 is 14.3 Å². The molecular weight excluding hydrogens is 352 g/mol. The maximum atomic E-state index is 12.1. The molecule has 1 aliphatic rings. The Bertz CT molecular complexity index is 600. The Labute approximate surface area is 161 Å². The summed E-state index contributed by atoms with van der Waals surface area (Å²) < 4.78 is 4.71. The average molecular weight is 381 g/mol. The number of para-hydroxylation sites is 1. The number of piperidine rings is 1. The van der Waals surface area contributed by atoms with Gasteiger partial charge in [-0.25, -0.2) is 0 Å². The third-order valence-corrected chi connectivity index (χ3v) is 5.52. The van der Waals surface area contributed by atoms with Gasteiger partial charge in [-0.05, 0) is 63.7 Å². The molecule has 0 radical (unpaired) electrons. The van der Waals surface area contributed by atoms with Crippen LogP contribution < -0.4 is 5.32 Å². The highest BCUT2D eigenvalue weighted by Gasteiger charge is 2.23. The van der Waals surface area contributed by atoms with Crippen LogP contribution in [0.3, 0.4) is 0 Å². The SMILES string of the molecule is COC(=O)CC[C@H](C)N1CCC(CCC(=O)Nc2ccccc2Cl)CC1. The molecule has 0 saturated carbocycles. The van der Waals surface area contributed by atoms with Crippen molar-refractivity contribution in [1.82, 2.24) is 4.90 Å². The molecule has 26 heavy (non-hydrogen) atoms. The van der Waals surface area contributed by atoms with Crippen LogP contribution in [0, 0.1) is 5.92 Å². The zero-order chi connectivity index (χ0) is 18.9. The average Bonchev–Trinajstić information content (AvgIpc) is 2.66.